The molecule has 0 spiro atoms. The van der Waals surface area contributed by atoms with Crippen molar-refractivity contribution < 1.29 is 9.53 Å². The molecule has 0 fully saturated rings. The molecule has 1 atom stereocenters. The van der Waals surface area contributed by atoms with Gasteiger partial charge in [0.05, 0.1) is 24.4 Å². The highest BCUT2D eigenvalue weighted by Gasteiger charge is 2.40. The van der Waals surface area contributed by atoms with Crippen molar-refractivity contribution in [3.05, 3.63) is 57.2 Å². The van der Waals surface area contributed by atoms with Gasteiger partial charge < -0.3 is 9.64 Å². The van der Waals surface area contributed by atoms with Crippen LogP contribution in [0.3, 0.4) is 0 Å². The average Bonchev–Trinajstić information content (AvgIpc) is 2.87. The van der Waals surface area contributed by atoms with Gasteiger partial charge in [0.1, 0.15) is 0 Å². The fraction of sp³-hybridized carbons (Fsp3) is 0.250. The molecule has 2 heterocycles. The van der Waals surface area contributed by atoms with Gasteiger partial charge >= 0.3 is 5.97 Å². The summed E-state index contributed by atoms with van der Waals surface area (Å²) in [4.78, 5) is 18.9. The van der Waals surface area contributed by atoms with Crippen molar-refractivity contribution in [1.29, 1.82) is 0 Å². The second-order valence-corrected chi connectivity index (χ2v) is 6.30. The largest absolute Gasteiger partial charge is 0.466 e. The highest BCUT2D eigenvalue weighted by Crippen LogP contribution is 2.45. The van der Waals surface area contributed by atoms with E-state index in [0.29, 0.717) is 16.3 Å². The fourth-order valence-corrected chi connectivity index (χ4v) is 3.87. The van der Waals surface area contributed by atoms with E-state index >= 15 is 0 Å². The number of allylic oxidation sites excluding steroid dienone is 2. The molecule has 0 bridgehead atoms. The maximum atomic E-state index is 12.3. The van der Waals surface area contributed by atoms with Crippen molar-refractivity contribution in [3.8, 4) is 0 Å². The van der Waals surface area contributed by atoms with Crippen molar-refractivity contribution in [2.75, 3.05) is 7.11 Å². The third-order valence-corrected chi connectivity index (χ3v) is 5.01. The van der Waals surface area contributed by atoms with E-state index in [-0.39, 0.29) is 12.0 Å². The number of hydrogen-bond acceptors (Lipinski definition) is 5. The predicted octanol–water partition coefficient (Wildman–Crippen LogP) is 4.11. The lowest BCUT2D eigenvalue weighted by molar-refractivity contribution is -0.136. The SMILES string of the molecule is COC(=O)C1=C(C)N=C2SC=C(C)N2[C@@H]1c1ccccc1Cl. The molecule has 0 N–H and O–H groups in total. The van der Waals surface area contributed by atoms with Gasteiger partial charge in [-0.25, -0.2) is 9.79 Å². The normalized spacial score (nSPS) is 20.5. The van der Waals surface area contributed by atoms with Crippen molar-refractivity contribution in [2.24, 2.45) is 4.99 Å². The van der Waals surface area contributed by atoms with Crippen LogP contribution in [0.4, 0.5) is 0 Å². The third kappa shape index (κ3) is 2.34. The molecule has 0 saturated carbocycles. The van der Waals surface area contributed by atoms with Gasteiger partial charge in [-0.05, 0) is 30.9 Å². The molecular formula is C16H15ClN2O2S. The zero-order valence-electron chi connectivity index (χ0n) is 12.5. The van der Waals surface area contributed by atoms with E-state index in [1.54, 1.807) is 11.8 Å². The maximum Gasteiger partial charge on any atom is 0.338 e. The topological polar surface area (TPSA) is 41.9 Å². The monoisotopic (exact) mass is 334 g/mol. The Morgan fingerprint density at radius 2 is 2.09 bits per heavy atom. The highest BCUT2D eigenvalue weighted by molar-refractivity contribution is 8.16. The summed E-state index contributed by atoms with van der Waals surface area (Å²) in [5.41, 5.74) is 3.09. The molecule has 0 aromatic heterocycles. The Balaban J connectivity index is 2.21. The molecule has 1 aromatic rings. The van der Waals surface area contributed by atoms with Crippen LogP contribution >= 0.6 is 23.4 Å². The number of carbonyl (C=O) groups is 1. The number of rotatable bonds is 2. The number of carbonyl (C=O) groups excluding carboxylic acids is 1. The Morgan fingerprint density at radius 3 is 2.77 bits per heavy atom. The van der Waals surface area contributed by atoms with E-state index in [0.717, 1.165) is 16.4 Å². The van der Waals surface area contributed by atoms with Crippen LogP contribution in [0.5, 0.6) is 0 Å². The maximum absolute atomic E-state index is 12.3. The molecular weight excluding hydrogens is 320 g/mol. The van der Waals surface area contributed by atoms with Crippen molar-refractivity contribution in [1.82, 2.24) is 4.90 Å². The lowest BCUT2D eigenvalue weighted by atomic mass is 9.94. The van der Waals surface area contributed by atoms with Gasteiger partial charge in [0, 0.05) is 10.7 Å². The fourth-order valence-electron chi connectivity index (χ4n) is 2.69. The van der Waals surface area contributed by atoms with Crippen LogP contribution in [0.25, 0.3) is 0 Å². The standard InChI is InChI=1S/C16H15ClN2O2S/c1-9-8-22-16-18-10(2)13(15(20)21-3)14(19(9)16)11-6-4-5-7-12(11)17/h4-8,14H,1-3H3/t14-/m1/s1. The van der Waals surface area contributed by atoms with E-state index in [9.17, 15) is 4.79 Å². The van der Waals surface area contributed by atoms with Gasteiger partial charge in [0.25, 0.3) is 0 Å². The molecule has 0 unspecified atom stereocenters. The van der Waals surface area contributed by atoms with Crippen LogP contribution in [0.15, 0.2) is 51.6 Å². The summed E-state index contributed by atoms with van der Waals surface area (Å²) in [6.07, 6.45) is 0. The average molecular weight is 335 g/mol. The number of methoxy groups -OCH3 is 1. The number of aliphatic imine (C=N–C) groups is 1. The van der Waals surface area contributed by atoms with E-state index in [1.807, 2.05) is 48.4 Å². The minimum absolute atomic E-state index is 0.320. The lowest BCUT2D eigenvalue weighted by Gasteiger charge is -2.35. The number of fused-ring (bicyclic) bond motifs is 1. The lowest BCUT2D eigenvalue weighted by Crippen LogP contribution is -2.36. The molecule has 0 aliphatic carbocycles. The molecule has 1 aromatic carbocycles. The van der Waals surface area contributed by atoms with E-state index in [2.05, 4.69) is 4.99 Å². The quantitative estimate of drug-likeness (QED) is 0.763. The Kier molecular flexibility index (Phi) is 4.02. The molecule has 2 aliphatic rings. The summed E-state index contributed by atoms with van der Waals surface area (Å²) in [6.45, 7) is 3.82. The third-order valence-electron chi connectivity index (χ3n) is 3.71. The summed E-state index contributed by atoms with van der Waals surface area (Å²) in [5, 5.41) is 3.50. The molecule has 22 heavy (non-hydrogen) atoms. The van der Waals surface area contributed by atoms with Gasteiger partial charge in [0.15, 0.2) is 5.17 Å². The van der Waals surface area contributed by atoms with E-state index in [4.69, 9.17) is 16.3 Å². The number of nitrogens with zero attached hydrogens (tertiary/aromatic N) is 2. The Bertz CT molecular complexity index is 739. The van der Waals surface area contributed by atoms with E-state index < -0.39 is 0 Å². The number of esters is 1. The molecule has 0 radical (unpaired) electrons. The van der Waals surface area contributed by atoms with Crippen LogP contribution in [-0.2, 0) is 9.53 Å². The highest BCUT2D eigenvalue weighted by atomic mass is 35.5. The minimum atomic E-state index is -0.380. The Hall–Kier alpha value is -1.72. The van der Waals surface area contributed by atoms with Crippen LogP contribution in [0.2, 0.25) is 5.02 Å². The summed E-state index contributed by atoms with van der Waals surface area (Å²) in [7, 11) is 1.38. The number of hydrogen-bond donors (Lipinski definition) is 0. The van der Waals surface area contributed by atoms with Gasteiger partial charge in [-0.1, -0.05) is 41.6 Å². The van der Waals surface area contributed by atoms with Gasteiger partial charge in [-0.15, -0.1) is 0 Å². The number of benzene rings is 1. The van der Waals surface area contributed by atoms with Crippen LogP contribution in [-0.4, -0.2) is 23.1 Å². The van der Waals surface area contributed by atoms with Crippen molar-refractivity contribution in [3.63, 3.8) is 0 Å². The van der Waals surface area contributed by atoms with Gasteiger partial charge in [0.2, 0.25) is 0 Å². The summed E-state index contributed by atoms with van der Waals surface area (Å²) >= 11 is 7.94. The molecule has 114 valence electrons. The second kappa shape index (κ2) is 5.82. The van der Waals surface area contributed by atoms with E-state index in [1.165, 1.54) is 7.11 Å². The zero-order chi connectivity index (χ0) is 15.9. The van der Waals surface area contributed by atoms with Gasteiger partial charge in [-0.3, -0.25) is 0 Å². The predicted molar refractivity (Wildman–Crippen MR) is 89.5 cm³/mol. The molecule has 0 saturated heterocycles. The van der Waals surface area contributed by atoms with Crippen molar-refractivity contribution >= 4 is 34.5 Å². The smallest absolute Gasteiger partial charge is 0.338 e. The first-order chi connectivity index (χ1) is 10.5. The van der Waals surface area contributed by atoms with Crippen LogP contribution < -0.4 is 0 Å². The first kappa shape index (κ1) is 15.2. The minimum Gasteiger partial charge on any atom is -0.466 e. The molecule has 2 aliphatic heterocycles. The van der Waals surface area contributed by atoms with Crippen LogP contribution in [0, 0.1) is 0 Å². The summed E-state index contributed by atoms with van der Waals surface area (Å²) in [6, 6.07) is 7.23. The number of ether oxygens (including phenoxy) is 1. The van der Waals surface area contributed by atoms with Gasteiger partial charge in [-0.2, -0.15) is 0 Å². The second-order valence-electron chi connectivity index (χ2n) is 5.06. The first-order valence-corrected chi connectivity index (χ1v) is 8.05. The first-order valence-electron chi connectivity index (χ1n) is 6.79. The molecule has 0 amide bonds. The van der Waals surface area contributed by atoms with Crippen molar-refractivity contribution in [2.45, 2.75) is 19.9 Å². The molecule has 6 heteroatoms. The summed E-state index contributed by atoms with van der Waals surface area (Å²) in [5.74, 6) is -0.380. The Morgan fingerprint density at radius 1 is 1.36 bits per heavy atom. The number of halogens is 1. The molecule has 3 rings (SSSR count). The van der Waals surface area contributed by atoms with Crippen LogP contribution in [0.1, 0.15) is 25.5 Å². The number of thioether (sulfide) groups is 1. The summed E-state index contributed by atoms with van der Waals surface area (Å²) < 4.78 is 4.97. The molecule has 4 nitrogen and oxygen atoms in total. The zero-order valence-corrected chi connectivity index (χ0v) is 14.0. The Labute approximate surface area is 138 Å². The number of amidine groups is 1.